The molecule has 31 heavy (non-hydrogen) atoms. The van der Waals surface area contributed by atoms with Crippen LogP contribution in [0.1, 0.15) is 19.4 Å². The molecule has 0 fully saturated rings. The fraction of sp³-hybridized carbons (Fsp3) is 0.107. The van der Waals surface area contributed by atoms with Crippen molar-refractivity contribution in [1.29, 1.82) is 0 Å². The lowest BCUT2D eigenvalue weighted by molar-refractivity contribution is 0.827. The number of benzene rings is 4. The van der Waals surface area contributed by atoms with Crippen LogP contribution >= 0.6 is 0 Å². The third kappa shape index (κ3) is 3.49. The molecular formula is C28H25N3. The molecular weight excluding hydrogens is 378 g/mol. The summed E-state index contributed by atoms with van der Waals surface area (Å²) < 4.78 is 2.38. The first-order valence-electron chi connectivity index (χ1n) is 10.7. The normalized spacial score (nSPS) is 11.9. The Bertz CT molecular complexity index is 1330. The summed E-state index contributed by atoms with van der Waals surface area (Å²) in [6.07, 6.45) is 0. The quantitative estimate of drug-likeness (QED) is 0.221. The highest BCUT2D eigenvalue weighted by Crippen LogP contribution is 2.31. The van der Waals surface area contributed by atoms with Crippen molar-refractivity contribution in [2.75, 3.05) is 5.01 Å². The number of hydrazone groups is 1. The Morgan fingerprint density at radius 2 is 1.29 bits per heavy atom. The third-order valence-electron chi connectivity index (χ3n) is 5.76. The number of anilines is 2. The van der Waals surface area contributed by atoms with Gasteiger partial charge in [-0.05, 0) is 61.9 Å². The van der Waals surface area contributed by atoms with Crippen LogP contribution in [0.3, 0.4) is 0 Å². The second-order valence-electron chi connectivity index (χ2n) is 7.66. The summed E-state index contributed by atoms with van der Waals surface area (Å²) in [6.45, 7) is 5.23. The molecule has 3 heteroatoms. The molecule has 0 spiro atoms. The second-order valence-corrected chi connectivity index (χ2v) is 7.66. The first kappa shape index (κ1) is 19.1. The molecule has 3 nitrogen and oxygen atoms in total. The molecule has 0 N–H and O–H groups in total. The average Bonchev–Trinajstić information content (AvgIpc) is 3.16. The maximum absolute atomic E-state index is 5.04. The summed E-state index contributed by atoms with van der Waals surface area (Å²) in [7, 11) is 0. The SMILES string of the molecule is CCn1c2ccccc2c2cc(/C(C)=N/N(c3ccccc3)c3ccccc3)ccc21. The summed E-state index contributed by atoms with van der Waals surface area (Å²) in [5.74, 6) is 0. The first-order valence-corrected chi connectivity index (χ1v) is 10.7. The van der Waals surface area contributed by atoms with Gasteiger partial charge in [-0.3, -0.25) is 0 Å². The molecule has 5 rings (SSSR count). The van der Waals surface area contributed by atoms with Crippen LogP contribution in [-0.2, 0) is 6.54 Å². The van der Waals surface area contributed by atoms with E-state index in [1.165, 1.54) is 21.8 Å². The third-order valence-corrected chi connectivity index (χ3v) is 5.76. The highest BCUT2D eigenvalue weighted by Gasteiger charge is 2.12. The van der Waals surface area contributed by atoms with Gasteiger partial charge in [0.15, 0.2) is 0 Å². The van der Waals surface area contributed by atoms with E-state index in [9.17, 15) is 0 Å². The molecule has 0 saturated carbocycles. The number of rotatable bonds is 5. The van der Waals surface area contributed by atoms with Crippen molar-refractivity contribution in [1.82, 2.24) is 4.57 Å². The van der Waals surface area contributed by atoms with E-state index in [1.807, 2.05) is 41.4 Å². The minimum absolute atomic E-state index is 0.951. The number of aryl methyl sites for hydroxylation is 1. The molecule has 0 atom stereocenters. The van der Waals surface area contributed by atoms with Gasteiger partial charge in [-0.25, -0.2) is 5.01 Å². The van der Waals surface area contributed by atoms with Gasteiger partial charge < -0.3 is 4.57 Å². The van der Waals surface area contributed by atoms with E-state index in [0.717, 1.165) is 29.2 Å². The maximum atomic E-state index is 5.04. The molecule has 0 unspecified atom stereocenters. The van der Waals surface area contributed by atoms with E-state index < -0.39 is 0 Å². The Hall–Kier alpha value is -3.85. The molecule has 1 aromatic heterocycles. The van der Waals surface area contributed by atoms with Gasteiger partial charge in [0.1, 0.15) is 0 Å². The Morgan fingerprint density at radius 3 is 1.94 bits per heavy atom. The molecule has 0 aliphatic heterocycles. The van der Waals surface area contributed by atoms with Crippen molar-refractivity contribution >= 4 is 38.9 Å². The standard InChI is InChI=1S/C28H25N3/c1-3-30-27-17-11-10-16-25(27)26-20-22(18-19-28(26)30)21(2)29-31(23-12-6-4-7-13-23)24-14-8-5-9-15-24/h4-20H,3H2,1-2H3/b29-21+. The van der Waals surface area contributed by atoms with Crippen LogP contribution in [0.25, 0.3) is 21.8 Å². The van der Waals surface area contributed by atoms with Gasteiger partial charge in [0, 0.05) is 28.4 Å². The molecule has 0 radical (unpaired) electrons. The van der Waals surface area contributed by atoms with E-state index in [-0.39, 0.29) is 0 Å². The molecule has 152 valence electrons. The average molecular weight is 404 g/mol. The maximum Gasteiger partial charge on any atom is 0.0655 e. The predicted octanol–water partition coefficient (Wildman–Crippen LogP) is 7.38. The van der Waals surface area contributed by atoms with Gasteiger partial charge in [-0.2, -0.15) is 5.10 Å². The lowest BCUT2D eigenvalue weighted by atomic mass is 10.1. The summed E-state index contributed by atoms with van der Waals surface area (Å²) in [6, 6.07) is 35.9. The summed E-state index contributed by atoms with van der Waals surface area (Å²) in [5.41, 5.74) is 6.73. The monoisotopic (exact) mass is 403 g/mol. The minimum atomic E-state index is 0.951. The van der Waals surface area contributed by atoms with Crippen LogP contribution in [0.5, 0.6) is 0 Å². The van der Waals surface area contributed by atoms with Crippen LogP contribution in [0.15, 0.2) is 108 Å². The number of fused-ring (bicyclic) bond motifs is 3. The van der Waals surface area contributed by atoms with Crippen LogP contribution < -0.4 is 5.01 Å². The molecule has 1 heterocycles. The topological polar surface area (TPSA) is 20.5 Å². The van der Waals surface area contributed by atoms with Crippen LogP contribution in [0.4, 0.5) is 11.4 Å². The van der Waals surface area contributed by atoms with Gasteiger partial charge >= 0.3 is 0 Å². The van der Waals surface area contributed by atoms with Gasteiger partial charge in [-0.15, -0.1) is 0 Å². The van der Waals surface area contributed by atoms with Crippen LogP contribution in [0, 0.1) is 0 Å². The Kier molecular flexibility index (Phi) is 5.01. The first-order chi connectivity index (χ1) is 15.3. The zero-order chi connectivity index (χ0) is 21.2. The molecule has 0 aliphatic rings. The van der Waals surface area contributed by atoms with Crippen molar-refractivity contribution in [3.05, 3.63) is 109 Å². The largest absolute Gasteiger partial charge is 0.341 e. The molecule has 0 amide bonds. The summed E-state index contributed by atoms with van der Waals surface area (Å²) in [4.78, 5) is 0. The molecule has 4 aromatic carbocycles. The zero-order valence-electron chi connectivity index (χ0n) is 17.9. The number of hydrogen-bond donors (Lipinski definition) is 0. The van der Waals surface area contributed by atoms with E-state index in [0.29, 0.717) is 0 Å². The Balaban J connectivity index is 1.64. The van der Waals surface area contributed by atoms with E-state index in [1.54, 1.807) is 0 Å². The fourth-order valence-corrected chi connectivity index (χ4v) is 4.23. The smallest absolute Gasteiger partial charge is 0.0655 e. The number of nitrogens with zero attached hydrogens (tertiary/aromatic N) is 3. The highest BCUT2D eigenvalue weighted by atomic mass is 15.5. The molecule has 0 saturated heterocycles. The summed E-state index contributed by atoms with van der Waals surface area (Å²) in [5, 5.41) is 9.62. The van der Waals surface area contributed by atoms with E-state index >= 15 is 0 Å². The van der Waals surface area contributed by atoms with Gasteiger partial charge in [0.2, 0.25) is 0 Å². The van der Waals surface area contributed by atoms with E-state index in [2.05, 4.69) is 85.1 Å². The second kappa shape index (κ2) is 8.11. The Morgan fingerprint density at radius 1 is 0.710 bits per heavy atom. The van der Waals surface area contributed by atoms with Crippen LogP contribution in [0.2, 0.25) is 0 Å². The van der Waals surface area contributed by atoms with Crippen molar-refractivity contribution in [2.45, 2.75) is 20.4 Å². The number of aromatic nitrogens is 1. The lowest BCUT2D eigenvalue weighted by Gasteiger charge is -2.20. The number of para-hydroxylation sites is 3. The lowest BCUT2D eigenvalue weighted by Crippen LogP contribution is -2.12. The minimum Gasteiger partial charge on any atom is -0.341 e. The van der Waals surface area contributed by atoms with Gasteiger partial charge in [0.05, 0.1) is 17.1 Å². The van der Waals surface area contributed by atoms with Crippen molar-refractivity contribution in [3.63, 3.8) is 0 Å². The molecule has 0 bridgehead atoms. The van der Waals surface area contributed by atoms with Crippen LogP contribution in [-0.4, -0.2) is 10.3 Å². The number of hydrogen-bond acceptors (Lipinski definition) is 2. The zero-order valence-corrected chi connectivity index (χ0v) is 17.9. The highest BCUT2D eigenvalue weighted by molar-refractivity contribution is 6.11. The van der Waals surface area contributed by atoms with Crippen molar-refractivity contribution in [2.24, 2.45) is 5.10 Å². The molecule has 0 aliphatic carbocycles. The fourth-order valence-electron chi connectivity index (χ4n) is 4.23. The molecule has 5 aromatic rings. The van der Waals surface area contributed by atoms with Crippen molar-refractivity contribution in [3.8, 4) is 0 Å². The predicted molar refractivity (Wildman–Crippen MR) is 132 cm³/mol. The Labute approximate surface area is 182 Å². The van der Waals surface area contributed by atoms with Gasteiger partial charge in [0.25, 0.3) is 0 Å². The summed E-state index contributed by atoms with van der Waals surface area (Å²) >= 11 is 0. The van der Waals surface area contributed by atoms with E-state index in [4.69, 9.17) is 5.10 Å². The van der Waals surface area contributed by atoms with Gasteiger partial charge in [-0.1, -0.05) is 60.7 Å². The van der Waals surface area contributed by atoms with Crippen molar-refractivity contribution < 1.29 is 0 Å².